The number of hydrogen-bond donors (Lipinski definition) is 4. The van der Waals surface area contributed by atoms with Gasteiger partial charge < -0.3 is 39.4 Å². The van der Waals surface area contributed by atoms with E-state index in [1.54, 1.807) is 0 Å². The van der Waals surface area contributed by atoms with Crippen molar-refractivity contribution in [3.8, 4) is 0 Å². The fourth-order valence-corrected chi connectivity index (χ4v) is 8.90. The van der Waals surface area contributed by atoms with Gasteiger partial charge in [0, 0.05) is 12.8 Å². The average Bonchev–Trinajstić information content (AvgIpc) is 3.29. The Labute approximate surface area is 393 Å². The van der Waals surface area contributed by atoms with E-state index >= 15 is 0 Å². The summed E-state index contributed by atoms with van der Waals surface area (Å²) in [5, 5.41) is 40.2. The number of aliphatic hydroxyl groups excluding tert-OH is 4. The smallest absolute Gasteiger partial charge is 0.306 e. The highest BCUT2D eigenvalue weighted by molar-refractivity contribution is 5.70. The molecule has 2 unspecified atom stereocenters. The molecule has 0 radical (unpaired) electrons. The molecule has 0 bridgehead atoms. The molecule has 0 spiro atoms. The molecule has 64 heavy (non-hydrogen) atoms. The minimum Gasteiger partial charge on any atom is -0.462 e. The third-order valence-corrected chi connectivity index (χ3v) is 13.2. The molecule has 0 aromatic carbocycles. The Kier molecular flexibility index (Phi) is 43.1. The SMILES string of the molecule is CCCCCCCCCCCCCCCCCCCCCCCCCC(=O)OC[C@@H](CO[C@H]1O[C@@H](CO)[C@@H](O)C(O)C1O)OC(=O)CCCCCCCCCCCCCCCCCC. The molecule has 1 heterocycles. The first kappa shape index (κ1) is 60.7. The van der Waals surface area contributed by atoms with E-state index in [2.05, 4.69) is 13.8 Å². The second-order valence-electron chi connectivity index (χ2n) is 19.4. The van der Waals surface area contributed by atoms with Crippen LogP contribution in [0.5, 0.6) is 0 Å². The minimum absolute atomic E-state index is 0.208. The topological polar surface area (TPSA) is 152 Å². The van der Waals surface area contributed by atoms with E-state index in [1.165, 1.54) is 205 Å². The molecule has 6 atom stereocenters. The summed E-state index contributed by atoms with van der Waals surface area (Å²) in [6.07, 6.45) is 42.6. The van der Waals surface area contributed by atoms with E-state index in [9.17, 15) is 30.0 Å². The summed E-state index contributed by atoms with van der Waals surface area (Å²) in [7, 11) is 0. The van der Waals surface area contributed by atoms with Gasteiger partial charge in [0.25, 0.3) is 0 Å². The molecule has 0 aromatic rings. The molecule has 4 N–H and O–H groups in total. The Morgan fingerprint density at radius 1 is 0.422 bits per heavy atom. The summed E-state index contributed by atoms with van der Waals surface area (Å²) < 4.78 is 22.3. The van der Waals surface area contributed by atoms with Gasteiger partial charge in [-0.1, -0.05) is 251 Å². The van der Waals surface area contributed by atoms with Gasteiger partial charge in [0.15, 0.2) is 12.4 Å². The first-order valence-electron chi connectivity index (χ1n) is 27.6. The van der Waals surface area contributed by atoms with Gasteiger partial charge in [-0.05, 0) is 12.8 Å². The van der Waals surface area contributed by atoms with Gasteiger partial charge in [0.2, 0.25) is 0 Å². The van der Waals surface area contributed by atoms with E-state index < -0.39 is 49.4 Å². The Balaban J connectivity index is 2.18. The van der Waals surface area contributed by atoms with Crippen LogP contribution in [0.25, 0.3) is 0 Å². The largest absolute Gasteiger partial charge is 0.462 e. The van der Waals surface area contributed by atoms with E-state index in [-0.39, 0.29) is 32.0 Å². The average molecular weight is 913 g/mol. The highest BCUT2D eigenvalue weighted by Crippen LogP contribution is 2.23. The lowest BCUT2D eigenvalue weighted by Gasteiger charge is -2.39. The van der Waals surface area contributed by atoms with Gasteiger partial charge in [-0.3, -0.25) is 9.59 Å². The van der Waals surface area contributed by atoms with Crippen molar-refractivity contribution in [2.45, 2.75) is 314 Å². The van der Waals surface area contributed by atoms with Crippen molar-refractivity contribution in [1.29, 1.82) is 0 Å². The van der Waals surface area contributed by atoms with Crippen molar-refractivity contribution >= 4 is 11.9 Å². The second kappa shape index (κ2) is 45.5. The third-order valence-electron chi connectivity index (χ3n) is 13.2. The van der Waals surface area contributed by atoms with Crippen molar-refractivity contribution in [1.82, 2.24) is 0 Å². The molecule has 1 saturated heterocycles. The molecule has 10 heteroatoms. The predicted molar refractivity (Wildman–Crippen MR) is 261 cm³/mol. The third kappa shape index (κ3) is 35.8. The summed E-state index contributed by atoms with van der Waals surface area (Å²) in [4.78, 5) is 25.5. The second-order valence-corrected chi connectivity index (χ2v) is 19.4. The Morgan fingerprint density at radius 2 is 0.734 bits per heavy atom. The van der Waals surface area contributed by atoms with Gasteiger partial charge in [0.1, 0.15) is 31.0 Å². The van der Waals surface area contributed by atoms with Crippen LogP contribution >= 0.6 is 0 Å². The van der Waals surface area contributed by atoms with Crippen LogP contribution < -0.4 is 0 Å². The van der Waals surface area contributed by atoms with Crippen molar-refractivity contribution in [2.24, 2.45) is 0 Å². The van der Waals surface area contributed by atoms with Gasteiger partial charge >= 0.3 is 11.9 Å². The summed E-state index contributed by atoms with van der Waals surface area (Å²) >= 11 is 0. The molecule has 10 nitrogen and oxygen atoms in total. The van der Waals surface area contributed by atoms with Crippen molar-refractivity contribution in [3.63, 3.8) is 0 Å². The van der Waals surface area contributed by atoms with Crippen molar-refractivity contribution in [2.75, 3.05) is 19.8 Å². The Bertz CT molecular complexity index is 1010. The zero-order chi connectivity index (χ0) is 46.6. The molecule has 0 saturated carbocycles. The van der Waals surface area contributed by atoms with Gasteiger partial charge in [-0.15, -0.1) is 0 Å². The molecule has 0 amide bonds. The number of ether oxygens (including phenoxy) is 4. The minimum atomic E-state index is -1.59. The molecule has 1 aliphatic heterocycles. The monoisotopic (exact) mass is 913 g/mol. The summed E-state index contributed by atoms with van der Waals surface area (Å²) in [6, 6.07) is 0. The molecule has 1 rings (SSSR count). The number of aliphatic hydroxyl groups is 4. The highest BCUT2D eigenvalue weighted by atomic mass is 16.7. The Hall–Kier alpha value is -1.30. The van der Waals surface area contributed by atoms with Crippen LogP contribution in [-0.2, 0) is 28.5 Å². The number of carbonyl (C=O) groups is 2. The Morgan fingerprint density at radius 3 is 1.06 bits per heavy atom. The van der Waals surface area contributed by atoms with Gasteiger partial charge in [-0.2, -0.15) is 0 Å². The molecule has 1 fully saturated rings. The number of unbranched alkanes of at least 4 members (excludes halogenated alkanes) is 37. The summed E-state index contributed by atoms with van der Waals surface area (Å²) in [6.45, 7) is 3.49. The first-order valence-corrected chi connectivity index (χ1v) is 27.6. The number of hydrogen-bond acceptors (Lipinski definition) is 10. The lowest BCUT2D eigenvalue weighted by Crippen LogP contribution is -2.59. The first-order chi connectivity index (χ1) is 31.3. The highest BCUT2D eigenvalue weighted by Gasteiger charge is 2.44. The number of esters is 2. The van der Waals surface area contributed by atoms with Crippen LogP contribution in [0, 0.1) is 0 Å². The van der Waals surface area contributed by atoms with E-state index in [1.807, 2.05) is 0 Å². The quantitative estimate of drug-likeness (QED) is 0.0343. The summed E-state index contributed by atoms with van der Waals surface area (Å²) in [5.41, 5.74) is 0. The molecule has 0 aromatic heterocycles. The maximum Gasteiger partial charge on any atom is 0.306 e. The molecular formula is C54H104O10. The van der Waals surface area contributed by atoms with Crippen LogP contribution in [0.15, 0.2) is 0 Å². The van der Waals surface area contributed by atoms with Crippen molar-refractivity contribution in [3.05, 3.63) is 0 Å². The summed E-state index contributed by atoms with van der Waals surface area (Å²) in [5.74, 6) is -0.784. The van der Waals surface area contributed by atoms with Gasteiger partial charge in [-0.25, -0.2) is 0 Å². The van der Waals surface area contributed by atoms with Gasteiger partial charge in [0.05, 0.1) is 13.2 Å². The zero-order valence-electron chi connectivity index (χ0n) is 41.8. The molecular weight excluding hydrogens is 809 g/mol. The molecule has 1 aliphatic rings. The van der Waals surface area contributed by atoms with E-state index in [0.717, 1.165) is 38.5 Å². The molecule has 0 aliphatic carbocycles. The maximum atomic E-state index is 12.8. The number of carbonyl (C=O) groups excluding carboxylic acids is 2. The lowest BCUT2D eigenvalue weighted by molar-refractivity contribution is -0.305. The van der Waals surface area contributed by atoms with Crippen LogP contribution in [-0.4, -0.2) is 89.0 Å². The molecule has 380 valence electrons. The van der Waals surface area contributed by atoms with E-state index in [0.29, 0.717) is 6.42 Å². The fraction of sp³-hybridized carbons (Fsp3) is 0.963. The van der Waals surface area contributed by atoms with Crippen LogP contribution in [0.3, 0.4) is 0 Å². The predicted octanol–water partition coefficient (Wildman–Crippen LogP) is 13.3. The van der Waals surface area contributed by atoms with Crippen LogP contribution in [0.1, 0.15) is 277 Å². The number of rotatable bonds is 48. The van der Waals surface area contributed by atoms with E-state index in [4.69, 9.17) is 18.9 Å². The fourth-order valence-electron chi connectivity index (χ4n) is 8.90. The zero-order valence-corrected chi connectivity index (χ0v) is 41.8. The van der Waals surface area contributed by atoms with Crippen molar-refractivity contribution < 1.29 is 49.0 Å². The van der Waals surface area contributed by atoms with Crippen LogP contribution in [0.4, 0.5) is 0 Å². The lowest BCUT2D eigenvalue weighted by atomic mass is 9.99. The maximum absolute atomic E-state index is 12.8. The normalized spacial score (nSPS) is 19.2. The standard InChI is InChI=1S/C54H104O10/c1-3-5-7-9-11-13-15-17-19-21-22-23-24-25-26-27-29-30-32-34-36-38-40-42-49(56)61-45-47(46-62-54-53(60)52(59)51(58)48(44-55)64-54)63-50(57)43-41-39-37-35-33-31-28-20-18-16-14-12-10-8-6-4-2/h47-48,51-55,58-60H,3-46H2,1-2H3/t47-,48-,51+,52?,53?,54-/m0/s1. The van der Waals surface area contributed by atoms with Crippen LogP contribution in [0.2, 0.25) is 0 Å².